The molecule has 2 rings (SSSR count). The van der Waals surface area contributed by atoms with Crippen molar-refractivity contribution in [3.8, 4) is 0 Å². The number of aldehydes is 2. The van der Waals surface area contributed by atoms with Gasteiger partial charge in [0.15, 0.2) is 6.29 Å². The SMILES string of the molecule is O=CCn1nnc2c1CCCCCC2(F)C=O. The van der Waals surface area contributed by atoms with E-state index in [0.717, 1.165) is 12.8 Å². The van der Waals surface area contributed by atoms with Crippen LogP contribution in [0.2, 0.25) is 0 Å². The number of halogens is 1. The van der Waals surface area contributed by atoms with Crippen molar-refractivity contribution in [3.05, 3.63) is 11.4 Å². The Morgan fingerprint density at radius 2 is 2.18 bits per heavy atom. The van der Waals surface area contributed by atoms with Gasteiger partial charge in [-0.1, -0.05) is 11.6 Å². The van der Waals surface area contributed by atoms with Crippen molar-refractivity contribution in [2.45, 2.75) is 44.3 Å². The Bertz CT molecular complexity index is 432. The second-order valence-electron chi connectivity index (χ2n) is 4.27. The first-order valence-corrected chi connectivity index (χ1v) is 5.73. The maximum atomic E-state index is 14.4. The molecule has 5 nitrogen and oxygen atoms in total. The van der Waals surface area contributed by atoms with E-state index in [1.54, 1.807) is 0 Å². The van der Waals surface area contributed by atoms with Gasteiger partial charge in [0.05, 0.1) is 12.2 Å². The van der Waals surface area contributed by atoms with Gasteiger partial charge in [-0.3, -0.25) is 4.79 Å². The van der Waals surface area contributed by atoms with E-state index in [2.05, 4.69) is 10.3 Å². The minimum absolute atomic E-state index is 0.0528. The molecule has 0 fully saturated rings. The van der Waals surface area contributed by atoms with Crippen molar-refractivity contribution in [2.24, 2.45) is 0 Å². The number of carbonyl (C=O) groups is 2. The molecular formula is C11H14FN3O2. The molecular weight excluding hydrogens is 225 g/mol. The first-order chi connectivity index (χ1) is 8.21. The highest BCUT2D eigenvalue weighted by molar-refractivity contribution is 5.65. The molecule has 0 N–H and O–H groups in total. The van der Waals surface area contributed by atoms with E-state index in [1.165, 1.54) is 4.68 Å². The van der Waals surface area contributed by atoms with E-state index in [4.69, 9.17) is 0 Å². The zero-order valence-corrected chi connectivity index (χ0v) is 9.43. The Balaban J connectivity index is 2.45. The summed E-state index contributed by atoms with van der Waals surface area (Å²) in [6.07, 6.45) is 4.17. The van der Waals surface area contributed by atoms with Crippen LogP contribution < -0.4 is 0 Å². The summed E-state index contributed by atoms with van der Waals surface area (Å²) in [5, 5.41) is 7.50. The molecule has 0 radical (unpaired) electrons. The molecule has 17 heavy (non-hydrogen) atoms. The van der Waals surface area contributed by atoms with Gasteiger partial charge in [-0.05, 0) is 25.7 Å². The van der Waals surface area contributed by atoms with Crippen LogP contribution in [0.25, 0.3) is 0 Å². The van der Waals surface area contributed by atoms with Crippen molar-refractivity contribution in [1.29, 1.82) is 0 Å². The van der Waals surface area contributed by atoms with Crippen LogP contribution >= 0.6 is 0 Å². The van der Waals surface area contributed by atoms with Crippen LogP contribution in [0.5, 0.6) is 0 Å². The van der Waals surface area contributed by atoms with Gasteiger partial charge in [-0.15, -0.1) is 5.10 Å². The van der Waals surface area contributed by atoms with Crippen molar-refractivity contribution in [2.75, 3.05) is 0 Å². The van der Waals surface area contributed by atoms with Gasteiger partial charge in [-0.2, -0.15) is 0 Å². The number of hydrogen-bond donors (Lipinski definition) is 0. The zero-order chi connectivity index (χ0) is 12.3. The second-order valence-corrected chi connectivity index (χ2v) is 4.27. The lowest BCUT2D eigenvalue weighted by Gasteiger charge is -2.20. The Labute approximate surface area is 98.0 Å². The van der Waals surface area contributed by atoms with E-state index in [9.17, 15) is 14.0 Å². The second kappa shape index (κ2) is 4.73. The van der Waals surface area contributed by atoms with Crippen LogP contribution in [0.3, 0.4) is 0 Å². The summed E-state index contributed by atoms with van der Waals surface area (Å²) in [7, 11) is 0. The first kappa shape index (κ1) is 11.9. The third-order valence-electron chi connectivity index (χ3n) is 3.12. The lowest BCUT2D eigenvalue weighted by molar-refractivity contribution is -0.119. The third kappa shape index (κ3) is 2.11. The highest BCUT2D eigenvalue weighted by Crippen LogP contribution is 2.33. The molecule has 92 valence electrons. The van der Waals surface area contributed by atoms with Crippen molar-refractivity contribution in [3.63, 3.8) is 0 Å². The summed E-state index contributed by atoms with van der Waals surface area (Å²) >= 11 is 0. The molecule has 1 unspecified atom stereocenters. The molecule has 0 saturated carbocycles. The molecule has 1 atom stereocenters. The predicted octanol–water partition coefficient (Wildman–Crippen LogP) is 0.957. The number of carbonyl (C=O) groups excluding carboxylic acids is 2. The summed E-state index contributed by atoms with van der Waals surface area (Å²) in [6, 6.07) is 0. The van der Waals surface area contributed by atoms with Crippen molar-refractivity contribution in [1.82, 2.24) is 15.0 Å². The number of rotatable bonds is 3. The van der Waals surface area contributed by atoms with E-state index in [0.29, 0.717) is 31.1 Å². The Morgan fingerprint density at radius 1 is 1.35 bits per heavy atom. The monoisotopic (exact) mass is 239 g/mol. The van der Waals surface area contributed by atoms with Crippen LogP contribution in [-0.4, -0.2) is 27.6 Å². The summed E-state index contributed by atoms with van der Waals surface area (Å²) < 4.78 is 15.8. The molecule has 0 saturated heterocycles. The molecule has 1 aromatic rings. The molecule has 1 aromatic heterocycles. The summed E-state index contributed by atoms with van der Waals surface area (Å²) in [5.74, 6) is 0. The topological polar surface area (TPSA) is 64.8 Å². The summed E-state index contributed by atoms with van der Waals surface area (Å²) in [5.41, 5.74) is -1.38. The smallest absolute Gasteiger partial charge is 0.210 e. The van der Waals surface area contributed by atoms with Crippen molar-refractivity contribution < 1.29 is 14.0 Å². The van der Waals surface area contributed by atoms with E-state index in [-0.39, 0.29) is 18.7 Å². The number of fused-ring (bicyclic) bond motifs is 1. The van der Waals surface area contributed by atoms with Gasteiger partial charge in [0.2, 0.25) is 5.67 Å². The zero-order valence-electron chi connectivity index (χ0n) is 9.43. The molecule has 0 spiro atoms. The summed E-state index contributed by atoms with van der Waals surface area (Å²) in [6.45, 7) is 0.0528. The van der Waals surface area contributed by atoms with Gasteiger partial charge in [0.1, 0.15) is 12.0 Å². The average Bonchev–Trinajstić information content (AvgIpc) is 2.70. The molecule has 0 aromatic carbocycles. The lowest BCUT2D eigenvalue weighted by Crippen LogP contribution is -2.26. The highest BCUT2D eigenvalue weighted by Gasteiger charge is 2.38. The number of alkyl halides is 1. The lowest BCUT2D eigenvalue weighted by atomic mass is 9.90. The Morgan fingerprint density at radius 3 is 2.88 bits per heavy atom. The molecule has 0 amide bonds. The molecule has 6 heteroatoms. The van der Waals surface area contributed by atoms with Crippen LogP contribution in [0.15, 0.2) is 0 Å². The minimum atomic E-state index is -2.04. The molecule has 1 heterocycles. The minimum Gasteiger partial charge on any atom is -0.301 e. The predicted molar refractivity (Wildman–Crippen MR) is 57.1 cm³/mol. The summed E-state index contributed by atoms with van der Waals surface area (Å²) in [4.78, 5) is 21.4. The van der Waals surface area contributed by atoms with Crippen LogP contribution in [0.4, 0.5) is 4.39 Å². The number of nitrogens with zero attached hydrogens (tertiary/aromatic N) is 3. The molecule has 1 aliphatic rings. The van der Waals surface area contributed by atoms with Gasteiger partial charge in [-0.25, -0.2) is 9.07 Å². The van der Waals surface area contributed by atoms with Crippen LogP contribution in [0, 0.1) is 0 Å². The van der Waals surface area contributed by atoms with Gasteiger partial charge in [0, 0.05) is 0 Å². The normalized spacial score (nSPS) is 24.5. The molecule has 0 bridgehead atoms. The van der Waals surface area contributed by atoms with E-state index >= 15 is 0 Å². The standard InChI is InChI=1S/C11H14FN3O2/c12-11(8-17)5-3-1-2-4-9-10(11)13-14-15(9)6-7-16/h7-8H,1-6H2. The van der Waals surface area contributed by atoms with Crippen LogP contribution in [0.1, 0.15) is 37.1 Å². The number of aromatic nitrogens is 3. The maximum Gasteiger partial charge on any atom is 0.210 e. The maximum absolute atomic E-state index is 14.4. The average molecular weight is 239 g/mol. The van der Waals surface area contributed by atoms with Gasteiger partial charge >= 0.3 is 0 Å². The highest BCUT2D eigenvalue weighted by atomic mass is 19.1. The van der Waals surface area contributed by atoms with Gasteiger partial charge < -0.3 is 4.79 Å². The Hall–Kier alpha value is -1.59. The fourth-order valence-electron chi connectivity index (χ4n) is 2.21. The molecule has 1 aliphatic carbocycles. The third-order valence-corrected chi connectivity index (χ3v) is 3.12. The largest absolute Gasteiger partial charge is 0.301 e. The fraction of sp³-hybridized carbons (Fsp3) is 0.636. The van der Waals surface area contributed by atoms with Crippen LogP contribution in [-0.2, 0) is 28.2 Å². The number of hydrogen-bond acceptors (Lipinski definition) is 4. The first-order valence-electron chi connectivity index (χ1n) is 5.73. The fourth-order valence-corrected chi connectivity index (χ4v) is 2.21. The Kier molecular flexibility index (Phi) is 3.31. The van der Waals surface area contributed by atoms with Crippen molar-refractivity contribution >= 4 is 12.6 Å². The quantitative estimate of drug-likeness (QED) is 0.737. The van der Waals surface area contributed by atoms with E-state index < -0.39 is 5.67 Å². The van der Waals surface area contributed by atoms with E-state index in [1.807, 2.05) is 0 Å². The van der Waals surface area contributed by atoms with Gasteiger partial charge in [0.25, 0.3) is 0 Å². The molecule has 0 aliphatic heterocycles.